The van der Waals surface area contributed by atoms with Crippen molar-refractivity contribution in [2.45, 2.75) is 11.8 Å². The average molecular weight is 307 g/mol. The van der Waals surface area contributed by atoms with Gasteiger partial charge in [-0.15, -0.1) is 0 Å². The fourth-order valence-corrected chi connectivity index (χ4v) is 3.84. The Labute approximate surface area is 132 Å². The van der Waals surface area contributed by atoms with Crippen molar-refractivity contribution < 1.29 is 9.90 Å². The summed E-state index contributed by atoms with van der Waals surface area (Å²) in [6.07, 6.45) is 0. The van der Waals surface area contributed by atoms with Crippen molar-refractivity contribution in [3.63, 3.8) is 0 Å². The number of aromatic hydroxyl groups is 1. The second-order valence-electron chi connectivity index (χ2n) is 5.36. The molecular weight excluding hydrogens is 294 g/mol. The molecule has 3 aromatic carbocycles. The molecule has 0 radical (unpaired) electrons. The first kappa shape index (κ1) is 13.2. The van der Waals surface area contributed by atoms with Crippen molar-refractivity contribution in [1.82, 2.24) is 0 Å². The molecule has 0 bridgehead atoms. The highest BCUT2D eigenvalue weighted by Gasteiger charge is 2.26. The summed E-state index contributed by atoms with van der Waals surface area (Å²) in [6.45, 7) is 2.05. The highest BCUT2D eigenvalue weighted by atomic mass is 32.2. The molecule has 0 saturated heterocycles. The van der Waals surface area contributed by atoms with Crippen LogP contribution in [-0.4, -0.2) is 10.2 Å². The molecule has 2 N–H and O–H groups in total. The first-order valence-corrected chi connectivity index (χ1v) is 7.80. The Kier molecular flexibility index (Phi) is 2.87. The summed E-state index contributed by atoms with van der Waals surface area (Å²) in [5.41, 5.74) is 3.73. The van der Waals surface area contributed by atoms with E-state index in [1.54, 1.807) is 12.1 Å². The Hall–Kier alpha value is -2.46. The van der Waals surface area contributed by atoms with E-state index < -0.39 is 0 Å². The molecule has 0 unspecified atom stereocenters. The lowest BCUT2D eigenvalue weighted by atomic mass is 10.0. The summed E-state index contributed by atoms with van der Waals surface area (Å²) in [6, 6.07) is 14.9. The Morgan fingerprint density at radius 1 is 1.09 bits per heavy atom. The lowest BCUT2D eigenvalue weighted by Crippen LogP contribution is -1.93. The Balaban J connectivity index is 1.89. The zero-order valence-corrected chi connectivity index (χ0v) is 12.7. The maximum absolute atomic E-state index is 12.2. The second kappa shape index (κ2) is 4.78. The third kappa shape index (κ3) is 1.96. The zero-order chi connectivity index (χ0) is 15.3. The number of anilines is 2. The summed E-state index contributed by atoms with van der Waals surface area (Å²) in [7, 11) is 0. The van der Waals surface area contributed by atoms with Crippen LogP contribution in [0.5, 0.6) is 5.75 Å². The summed E-state index contributed by atoms with van der Waals surface area (Å²) < 4.78 is 0. The lowest BCUT2D eigenvalue weighted by molar-refractivity contribution is 0.109. The van der Waals surface area contributed by atoms with Crippen molar-refractivity contribution >= 4 is 39.0 Å². The topological polar surface area (TPSA) is 49.3 Å². The molecule has 0 aromatic heterocycles. The third-order valence-electron chi connectivity index (χ3n) is 3.88. The van der Waals surface area contributed by atoms with E-state index in [4.69, 9.17) is 0 Å². The van der Waals surface area contributed by atoms with Crippen LogP contribution in [0, 0.1) is 6.92 Å². The van der Waals surface area contributed by atoms with Crippen LogP contribution in [0.4, 0.5) is 11.4 Å². The SMILES string of the molecule is Cc1cc(Nc2ccc(O)cc2)c2c3c(cccc13)C(=O)S2. The minimum absolute atomic E-state index is 0.0972. The molecule has 0 atom stereocenters. The molecule has 0 spiro atoms. The summed E-state index contributed by atoms with van der Waals surface area (Å²) in [5.74, 6) is 0.233. The van der Waals surface area contributed by atoms with Gasteiger partial charge in [0, 0.05) is 21.5 Å². The van der Waals surface area contributed by atoms with Gasteiger partial charge in [-0.2, -0.15) is 0 Å². The van der Waals surface area contributed by atoms with Gasteiger partial charge in [0.25, 0.3) is 0 Å². The second-order valence-corrected chi connectivity index (χ2v) is 6.34. The average Bonchev–Trinajstić information content (AvgIpc) is 2.85. The molecule has 1 aliphatic rings. The maximum Gasteiger partial charge on any atom is 0.224 e. The van der Waals surface area contributed by atoms with Crippen molar-refractivity contribution in [2.24, 2.45) is 0 Å². The molecule has 3 aromatic rings. The third-order valence-corrected chi connectivity index (χ3v) is 4.92. The summed E-state index contributed by atoms with van der Waals surface area (Å²) in [5, 5.41) is 15.0. The minimum atomic E-state index is 0.0972. The molecule has 4 heteroatoms. The molecule has 1 aliphatic heterocycles. The van der Waals surface area contributed by atoms with Crippen LogP contribution in [0.1, 0.15) is 15.9 Å². The number of hydrogen-bond acceptors (Lipinski definition) is 4. The molecule has 0 fully saturated rings. The number of rotatable bonds is 2. The molecular formula is C18H13NO2S. The summed E-state index contributed by atoms with van der Waals surface area (Å²) >= 11 is 1.28. The molecule has 0 aliphatic carbocycles. The first-order chi connectivity index (χ1) is 10.6. The number of aryl methyl sites for hydroxylation is 1. The van der Waals surface area contributed by atoms with Gasteiger partial charge in [-0.25, -0.2) is 0 Å². The van der Waals surface area contributed by atoms with Crippen LogP contribution in [0.2, 0.25) is 0 Å². The number of phenols is 1. The predicted octanol–water partition coefficient (Wildman–Crippen LogP) is 4.84. The van der Waals surface area contributed by atoms with Crippen LogP contribution in [0.25, 0.3) is 10.8 Å². The van der Waals surface area contributed by atoms with Crippen LogP contribution >= 0.6 is 11.8 Å². The smallest absolute Gasteiger partial charge is 0.224 e. The number of carbonyl (C=O) groups is 1. The van der Waals surface area contributed by atoms with E-state index in [0.29, 0.717) is 0 Å². The lowest BCUT2D eigenvalue weighted by Gasteiger charge is -2.13. The Morgan fingerprint density at radius 2 is 1.86 bits per heavy atom. The molecule has 0 saturated carbocycles. The Bertz CT molecular complexity index is 917. The van der Waals surface area contributed by atoms with Crippen molar-refractivity contribution in [3.05, 3.63) is 59.7 Å². The van der Waals surface area contributed by atoms with E-state index in [0.717, 1.165) is 38.2 Å². The number of nitrogens with one attached hydrogen (secondary N) is 1. The number of hydrogen-bond donors (Lipinski definition) is 2. The van der Waals surface area contributed by atoms with E-state index >= 15 is 0 Å². The monoisotopic (exact) mass is 307 g/mol. The van der Waals surface area contributed by atoms with Gasteiger partial charge in [0.15, 0.2) is 0 Å². The molecule has 22 heavy (non-hydrogen) atoms. The molecule has 0 amide bonds. The Morgan fingerprint density at radius 3 is 2.64 bits per heavy atom. The van der Waals surface area contributed by atoms with Crippen molar-refractivity contribution in [2.75, 3.05) is 5.32 Å². The fourth-order valence-electron chi connectivity index (χ4n) is 2.84. The standard InChI is InChI=1S/C18H13NO2S/c1-10-9-15(19-11-5-7-12(20)8-6-11)17-16-13(10)3-2-4-14(16)18(21)22-17/h2-9,19-20H,1H3. The van der Waals surface area contributed by atoms with E-state index in [9.17, 15) is 9.90 Å². The number of thioether (sulfide) groups is 1. The van der Waals surface area contributed by atoms with Crippen LogP contribution in [0.15, 0.2) is 53.4 Å². The van der Waals surface area contributed by atoms with E-state index in [1.165, 1.54) is 11.8 Å². The van der Waals surface area contributed by atoms with Gasteiger partial charge in [0.2, 0.25) is 5.12 Å². The number of carbonyl (C=O) groups excluding carboxylic acids is 1. The molecule has 1 heterocycles. The van der Waals surface area contributed by atoms with Crippen LogP contribution in [0.3, 0.4) is 0 Å². The quantitative estimate of drug-likeness (QED) is 0.665. The fraction of sp³-hybridized carbons (Fsp3) is 0.0556. The van der Waals surface area contributed by atoms with Gasteiger partial charge in [0.1, 0.15) is 5.75 Å². The number of benzene rings is 3. The van der Waals surface area contributed by atoms with Crippen LogP contribution in [-0.2, 0) is 0 Å². The van der Waals surface area contributed by atoms with Gasteiger partial charge in [-0.1, -0.05) is 12.1 Å². The van der Waals surface area contributed by atoms with E-state index in [1.807, 2.05) is 24.3 Å². The van der Waals surface area contributed by atoms with Gasteiger partial charge in [-0.3, -0.25) is 4.79 Å². The minimum Gasteiger partial charge on any atom is -0.508 e. The van der Waals surface area contributed by atoms with E-state index in [2.05, 4.69) is 24.4 Å². The molecule has 4 rings (SSSR count). The van der Waals surface area contributed by atoms with E-state index in [-0.39, 0.29) is 10.9 Å². The molecule has 108 valence electrons. The van der Waals surface area contributed by atoms with Crippen molar-refractivity contribution in [1.29, 1.82) is 0 Å². The van der Waals surface area contributed by atoms with Gasteiger partial charge in [-0.05, 0) is 66.0 Å². The predicted molar refractivity (Wildman–Crippen MR) is 90.3 cm³/mol. The molecule has 3 nitrogen and oxygen atoms in total. The highest BCUT2D eigenvalue weighted by Crippen LogP contribution is 2.46. The van der Waals surface area contributed by atoms with Crippen LogP contribution < -0.4 is 5.32 Å². The highest BCUT2D eigenvalue weighted by molar-refractivity contribution is 8.15. The zero-order valence-electron chi connectivity index (χ0n) is 11.9. The largest absolute Gasteiger partial charge is 0.508 e. The number of phenolic OH excluding ortho intramolecular Hbond substituents is 1. The van der Waals surface area contributed by atoms with Crippen molar-refractivity contribution in [3.8, 4) is 5.75 Å². The summed E-state index contributed by atoms with van der Waals surface area (Å²) in [4.78, 5) is 13.2. The van der Waals surface area contributed by atoms with Gasteiger partial charge in [0.05, 0.1) is 5.69 Å². The first-order valence-electron chi connectivity index (χ1n) is 6.98. The normalized spacial score (nSPS) is 12.9. The van der Waals surface area contributed by atoms with Gasteiger partial charge >= 0.3 is 0 Å². The van der Waals surface area contributed by atoms with Gasteiger partial charge < -0.3 is 10.4 Å². The maximum atomic E-state index is 12.2.